The number of carbonyl (C=O) groups is 2. The zero-order chi connectivity index (χ0) is 32.0. The second kappa shape index (κ2) is 14.7. The highest BCUT2D eigenvalue weighted by Gasteiger charge is 2.36. The van der Waals surface area contributed by atoms with Gasteiger partial charge in [-0.15, -0.1) is 17.9 Å². The SMILES string of the molecule is C=CCO[C@H]1CC[C@@H]([C@@H](O)[C@@H](CC(=O)c2cc(C(=O)N3CCC[C@@H]3c3nc(C)cs3)cc(-c3ncco3)c2)Cc2ccccc2)C1. The van der Waals surface area contributed by atoms with Crippen molar-refractivity contribution in [3.63, 3.8) is 0 Å². The van der Waals surface area contributed by atoms with Gasteiger partial charge in [-0.2, -0.15) is 0 Å². The molecule has 4 aromatic rings. The second-order valence-electron chi connectivity index (χ2n) is 12.5. The van der Waals surface area contributed by atoms with Gasteiger partial charge in [-0.3, -0.25) is 9.59 Å². The maximum Gasteiger partial charge on any atom is 0.254 e. The molecule has 2 aromatic carbocycles. The molecule has 1 N–H and O–H groups in total. The summed E-state index contributed by atoms with van der Waals surface area (Å²) in [5.41, 5.74) is 3.40. The predicted octanol–water partition coefficient (Wildman–Crippen LogP) is 7.25. The van der Waals surface area contributed by atoms with Crippen LogP contribution < -0.4 is 0 Å². The summed E-state index contributed by atoms with van der Waals surface area (Å²) < 4.78 is 11.5. The molecule has 1 aliphatic heterocycles. The van der Waals surface area contributed by atoms with Crippen LogP contribution in [0.5, 0.6) is 0 Å². The predicted molar refractivity (Wildman–Crippen MR) is 178 cm³/mol. The van der Waals surface area contributed by atoms with E-state index in [1.54, 1.807) is 41.8 Å². The number of ketones is 1. The van der Waals surface area contributed by atoms with Gasteiger partial charge in [0.05, 0.1) is 31.1 Å². The number of nitrogens with zero attached hydrogens (tertiary/aromatic N) is 3. The van der Waals surface area contributed by atoms with E-state index >= 15 is 0 Å². The first-order valence-corrected chi connectivity index (χ1v) is 17.0. The van der Waals surface area contributed by atoms with Crippen molar-refractivity contribution < 1.29 is 23.8 Å². The lowest BCUT2D eigenvalue weighted by molar-refractivity contribution is 0.0305. The molecule has 6 rings (SSSR count). The summed E-state index contributed by atoms with van der Waals surface area (Å²) >= 11 is 1.58. The van der Waals surface area contributed by atoms with Crippen LogP contribution in [0.15, 0.2) is 83.4 Å². The first kappa shape index (κ1) is 32.0. The average molecular weight is 640 g/mol. The summed E-state index contributed by atoms with van der Waals surface area (Å²) in [5.74, 6) is -0.203. The number of oxazole rings is 1. The first-order valence-electron chi connectivity index (χ1n) is 16.1. The minimum Gasteiger partial charge on any atom is -0.445 e. The molecule has 1 saturated carbocycles. The van der Waals surface area contributed by atoms with Gasteiger partial charge in [-0.1, -0.05) is 36.4 Å². The number of aromatic nitrogens is 2. The Kier molecular flexibility index (Phi) is 10.2. The van der Waals surface area contributed by atoms with Crippen molar-refractivity contribution in [2.75, 3.05) is 13.2 Å². The summed E-state index contributed by atoms with van der Waals surface area (Å²) in [7, 11) is 0. The highest BCUT2D eigenvalue weighted by Crippen LogP contribution is 2.37. The van der Waals surface area contributed by atoms with E-state index in [0.717, 1.165) is 48.4 Å². The van der Waals surface area contributed by atoms with Gasteiger partial charge < -0.3 is 19.2 Å². The lowest BCUT2D eigenvalue weighted by Crippen LogP contribution is -2.32. The largest absolute Gasteiger partial charge is 0.445 e. The molecule has 0 bridgehead atoms. The molecule has 3 heterocycles. The highest BCUT2D eigenvalue weighted by molar-refractivity contribution is 7.09. The van der Waals surface area contributed by atoms with Gasteiger partial charge in [0.15, 0.2) is 5.78 Å². The van der Waals surface area contributed by atoms with Crippen LogP contribution in [0.25, 0.3) is 11.5 Å². The van der Waals surface area contributed by atoms with E-state index in [9.17, 15) is 14.7 Å². The van der Waals surface area contributed by atoms with Crippen molar-refractivity contribution in [3.8, 4) is 11.5 Å². The summed E-state index contributed by atoms with van der Waals surface area (Å²) in [4.78, 5) is 39.1. The molecule has 2 fully saturated rings. The van der Waals surface area contributed by atoms with E-state index in [1.807, 2.05) is 47.5 Å². The molecule has 240 valence electrons. The Morgan fingerprint density at radius 3 is 2.74 bits per heavy atom. The number of aryl methyl sites for hydroxylation is 1. The summed E-state index contributed by atoms with van der Waals surface area (Å²) in [6, 6.07) is 15.1. The van der Waals surface area contributed by atoms with E-state index in [-0.39, 0.29) is 42.1 Å². The van der Waals surface area contributed by atoms with Crippen molar-refractivity contribution >= 4 is 23.0 Å². The molecule has 2 aliphatic rings. The van der Waals surface area contributed by atoms with E-state index in [1.165, 1.54) is 6.26 Å². The van der Waals surface area contributed by atoms with E-state index < -0.39 is 6.10 Å². The number of aliphatic hydroxyl groups excluding tert-OH is 1. The van der Waals surface area contributed by atoms with Crippen LogP contribution in [0.4, 0.5) is 0 Å². The maximum absolute atomic E-state index is 14.1. The number of carbonyl (C=O) groups excluding carboxylic acids is 2. The van der Waals surface area contributed by atoms with Crippen molar-refractivity contribution in [3.05, 3.63) is 106 Å². The van der Waals surface area contributed by atoms with Crippen LogP contribution in [0.1, 0.15) is 81.5 Å². The topological polar surface area (TPSA) is 106 Å². The van der Waals surface area contributed by atoms with Crippen LogP contribution in [0.3, 0.4) is 0 Å². The Morgan fingerprint density at radius 1 is 1.17 bits per heavy atom. The quantitative estimate of drug-likeness (QED) is 0.121. The number of benzene rings is 2. The van der Waals surface area contributed by atoms with Gasteiger partial charge in [0.25, 0.3) is 5.91 Å². The lowest BCUT2D eigenvalue weighted by atomic mass is 9.81. The number of likely N-dealkylation sites (tertiary alicyclic amines) is 1. The van der Waals surface area contributed by atoms with E-state index in [2.05, 4.69) is 16.5 Å². The fourth-order valence-corrected chi connectivity index (χ4v) is 7.91. The Bertz CT molecular complexity index is 1640. The minimum absolute atomic E-state index is 0.0358. The highest BCUT2D eigenvalue weighted by atomic mass is 32.1. The molecule has 2 aromatic heterocycles. The third-order valence-electron chi connectivity index (χ3n) is 9.25. The maximum atomic E-state index is 14.1. The van der Waals surface area contributed by atoms with Gasteiger partial charge in [-0.25, -0.2) is 9.97 Å². The number of hydrogen-bond donors (Lipinski definition) is 1. The van der Waals surface area contributed by atoms with Gasteiger partial charge in [-0.05, 0) is 81.0 Å². The van der Waals surface area contributed by atoms with Crippen molar-refractivity contribution in [2.45, 2.75) is 70.1 Å². The zero-order valence-corrected chi connectivity index (χ0v) is 27.0. The number of thiazole rings is 1. The van der Waals surface area contributed by atoms with E-state index in [0.29, 0.717) is 42.2 Å². The van der Waals surface area contributed by atoms with Gasteiger partial charge in [0.2, 0.25) is 5.89 Å². The molecule has 0 radical (unpaired) electrons. The number of hydrogen-bond acceptors (Lipinski definition) is 8. The molecule has 5 atom stereocenters. The van der Waals surface area contributed by atoms with Gasteiger partial charge in [0.1, 0.15) is 11.3 Å². The Labute approximate surface area is 274 Å². The molecule has 8 nitrogen and oxygen atoms in total. The molecule has 46 heavy (non-hydrogen) atoms. The first-order chi connectivity index (χ1) is 22.4. The lowest BCUT2D eigenvalue weighted by Gasteiger charge is -2.28. The van der Waals surface area contributed by atoms with Crippen LogP contribution >= 0.6 is 11.3 Å². The Hall–Kier alpha value is -3.92. The molecular weight excluding hydrogens is 598 g/mol. The molecule has 0 spiro atoms. The molecule has 9 heteroatoms. The van der Waals surface area contributed by atoms with Crippen molar-refractivity contribution in [1.82, 2.24) is 14.9 Å². The number of rotatable bonds is 13. The van der Waals surface area contributed by atoms with Crippen LogP contribution in [-0.4, -0.2) is 57.0 Å². The molecular formula is C37H41N3O5S. The van der Waals surface area contributed by atoms with E-state index in [4.69, 9.17) is 9.15 Å². The van der Waals surface area contributed by atoms with Gasteiger partial charge >= 0.3 is 0 Å². The van der Waals surface area contributed by atoms with Crippen LogP contribution in [0.2, 0.25) is 0 Å². The molecule has 1 amide bonds. The van der Waals surface area contributed by atoms with Crippen LogP contribution in [0, 0.1) is 18.8 Å². The number of ether oxygens (including phenoxy) is 1. The summed E-state index contributed by atoms with van der Waals surface area (Å²) in [6.07, 6.45) is 9.10. The third-order valence-corrected chi connectivity index (χ3v) is 10.3. The molecule has 0 unspecified atom stereocenters. The summed E-state index contributed by atoms with van der Waals surface area (Å²) in [6.45, 7) is 6.82. The Balaban J connectivity index is 1.27. The molecule has 1 saturated heterocycles. The fraction of sp³-hybridized carbons (Fsp3) is 0.405. The normalized spacial score (nSPS) is 20.9. The Morgan fingerprint density at radius 2 is 2.00 bits per heavy atom. The number of Topliss-reactive ketones (excluding diaryl/α,β-unsaturated/α-hetero) is 1. The third kappa shape index (κ3) is 7.38. The summed E-state index contributed by atoms with van der Waals surface area (Å²) in [5, 5.41) is 14.7. The second-order valence-corrected chi connectivity index (χ2v) is 13.4. The van der Waals surface area contributed by atoms with Crippen molar-refractivity contribution in [1.29, 1.82) is 0 Å². The van der Waals surface area contributed by atoms with Gasteiger partial charge in [0, 0.05) is 40.7 Å². The van der Waals surface area contributed by atoms with Crippen molar-refractivity contribution in [2.24, 2.45) is 11.8 Å². The molecule has 1 aliphatic carbocycles. The number of amides is 1. The monoisotopic (exact) mass is 639 g/mol. The van der Waals surface area contributed by atoms with Crippen LogP contribution in [-0.2, 0) is 11.2 Å². The average Bonchev–Trinajstić information content (AvgIpc) is 3.91. The smallest absolute Gasteiger partial charge is 0.254 e. The number of aliphatic hydroxyl groups is 1. The standard InChI is InChI=1S/C37H41N3O5S/c1-3-15-44-31-12-11-26(21-31)34(42)28(17-25-8-5-4-6-9-25)22-33(41)27-18-29(35-38-13-16-45-35)20-30(19-27)37(43)40-14-7-10-32(40)36-39-24(2)23-46-36/h3-6,8-9,13,16,18-20,23,26,28,31-32,34,42H,1,7,10-12,14-15,17,21-22H2,2H3/t26-,28-,31+,32-,34-/m1/s1. The minimum atomic E-state index is -0.676. The fourth-order valence-electron chi connectivity index (χ4n) is 6.97. The zero-order valence-electron chi connectivity index (χ0n) is 26.2.